The first-order valence-corrected chi connectivity index (χ1v) is 10.5. The standard InChI is InChI=1S/C23H21O4P/c1-15-14-16(2)21(23(25)28(26,27)19-12-8-5-9-13-19)17(3)20(15)22(24)18-10-6-4-7-11-18/h4-14H,1-3H3,(H,26,27). The van der Waals surface area contributed by atoms with Gasteiger partial charge in [0.1, 0.15) is 0 Å². The first-order chi connectivity index (χ1) is 13.2. The van der Waals surface area contributed by atoms with Gasteiger partial charge in [-0.05, 0) is 49.6 Å². The van der Waals surface area contributed by atoms with Crippen LogP contribution in [0.25, 0.3) is 0 Å². The Bertz CT molecular complexity index is 1100. The molecule has 0 fully saturated rings. The number of carbonyl (C=O) groups is 2. The first kappa shape index (κ1) is 19.9. The minimum atomic E-state index is -4.30. The highest BCUT2D eigenvalue weighted by molar-refractivity contribution is 7.82. The summed E-state index contributed by atoms with van der Waals surface area (Å²) in [4.78, 5) is 36.8. The van der Waals surface area contributed by atoms with Gasteiger partial charge in [-0.25, -0.2) is 0 Å². The fourth-order valence-electron chi connectivity index (χ4n) is 3.50. The average Bonchev–Trinajstić information content (AvgIpc) is 2.68. The van der Waals surface area contributed by atoms with E-state index in [1.807, 2.05) is 6.07 Å². The number of ketones is 1. The minimum Gasteiger partial charge on any atom is -0.336 e. The van der Waals surface area contributed by atoms with Crippen molar-refractivity contribution in [3.63, 3.8) is 0 Å². The monoisotopic (exact) mass is 392 g/mol. The van der Waals surface area contributed by atoms with E-state index in [0.29, 0.717) is 22.3 Å². The lowest BCUT2D eigenvalue weighted by atomic mass is 9.89. The summed E-state index contributed by atoms with van der Waals surface area (Å²) in [6, 6.07) is 18.4. The summed E-state index contributed by atoms with van der Waals surface area (Å²) in [6.45, 7) is 5.18. The van der Waals surface area contributed by atoms with Crippen molar-refractivity contribution in [2.24, 2.45) is 0 Å². The Morgan fingerprint density at radius 3 is 1.86 bits per heavy atom. The summed E-state index contributed by atoms with van der Waals surface area (Å²) in [6.07, 6.45) is 0. The Labute approximate surface area is 164 Å². The maximum Gasteiger partial charge on any atom is 0.298 e. The van der Waals surface area contributed by atoms with E-state index < -0.39 is 12.9 Å². The lowest BCUT2D eigenvalue weighted by molar-refractivity contribution is 0.103. The van der Waals surface area contributed by atoms with E-state index >= 15 is 0 Å². The van der Waals surface area contributed by atoms with Gasteiger partial charge in [-0.1, -0.05) is 54.6 Å². The summed E-state index contributed by atoms with van der Waals surface area (Å²) < 4.78 is 13.0. The van der Waals surface area contributed by atoms with Crippen molar-refractivity contribution in [2.45, 2.75) is 20.8 Å². The van der Waals surface area contributed by atoms with Gasteiger partial charge in [-0.15, -0.1) is 0 Å². The molecule has 0 aliphatic rings. The zero-order chi connectivity index (χ0) is 20.5. The van der Waals surface area contributed by atoms with E-state index in [4.69, 9.17) is 0 Å². The van der Waals surface area contributed by atoms with Crippen LogP contribution < -0.4 is 5.30 Å². The second kappa shape index (κ2) is 7.67. The number of rotatable bonds is 5. The Kier molecular flexibility index (Phi) is 5.46. The highest BCUT2D eigenvalue weighted by Crippen LogP contribution is 2.45. The van der Waals surface area contributed by atoms with Crippen LogP contribution in [0.3, 0.4) is 0 Å². The zero-order valence-electron chi connectivity index (χ0n) is 16.0. The van der Waals surface area contributed by atoms with Crippen molar-refractivity contribution in [2.75, 3.05) is 0 Å². The van der Waals surface area contributed by atoms with E-state index in [1.54, 1.807) is 69.3 Å². The topological polar surface area (TPSA) is 71.4 Å². The molecule has 0 spiro atoms. The predicted octanol–water partition coefficient (Wildman–Crippen LogP) is 4.58. The van der Waals surface area contributed by atoms with Gasteiger partial charge in [-0.3, -0.25) is 14.2 Å². The molecule has 1 N–H and O–H groups in total. The number of carbonyl (C=O) groups excluding carboxylic acids is 2. The Morgan fingerprint density at radius 2 is 1.29 bits per heavy atom. The average molecular weight is 392 g/mol. The molecule has 1 unspecified atom stereocenters. The molecule has 4 nitrogen and oxygen atoms in total. The van der Waals surface area contributed by atoms with Crippen LogP contribution in [0.15, 0.2) is 66.7 Å². The van der Waals surface area contributed by atoms with Crippen LogP contribution in [-0.2, 0) is 4.57 Å². The highest BCUT2D eigenvalue weighted by Gasteiger charge is 2.35. The molecule has 0 aromatic heterocycles. The Balaban J connectivity index is 2.16. The van der Waals surface area contributed by atoms with Crippen LogP contribution >= 0.6 is 7.37 Å². The second-order valence-electron chi connectivity index (χ2n) is 6.80. The summed E-state index contributed by atoms with van der Waals surface area (Å²) >= 11 is 0. The first-order valence-electron chi connectivity index (χ1n) is 8.89. The summed E-state index contributed by atoms with van der Waals surface area (Å²) in [7, 11) is -4.30. The zero-order valence-corrected chi connectivity index (χ0v) is 16.9. The summed E-state index contributed by atoms with van der Waals surface area (Å²) in [5, 5.41) is 0.0790. The lowest BCUT2D eigenvalue weighted by Gasteiger charge is -2.18. The third-order valence-corrected chi connectivity index (χ3v) is 6.60. The van der Waals surface area contributed by atoms with Crippen molar-refractivity contribution in [3.05, 3.63) is 100 Å². The van der Waals surface area contributed by atoms with Gasteiger partial charge in [0.2, 0.25) is 0 Å². The molecule has 0 heterocycles. The molecule has 0 saturated carbocycles. The smallest absolute Gasteiger partial charge is 0.298 e. The van der Waals surface area contributed by atoms with Gasteiger partial charge in [0.15, 0.2) is 5.78 Å². The molecule has 1 atom stereocenters. The van der Waals surface area contributed by atoms with E-state index in [2.05, 4.69) is 0 Å². The fraction of sp³-hybridized carbons (Fsp3) is 0.130. The van der Waals surface area contributed by atoms with Gasteiger partial charge < -0.3 is 4.89 Å². The number of benzene rings is 3. The van der Waals surface area contributed by atoms with Gasteiger partial charge >= 0.3 is 0 Å². The molecule has 0 bridgehead atoms. The van der Waals surface area contributed by atoms with E-state index in [-0.39, 0.29) is 16.7 Å². The molecule has 28 heavy (non-hydrogen) atoms. The van der Waals surface area contributed by atoms with Gasteiger partial charge in [0.05, 0.1) is 0 Å². The van der Waals surface area contributed by atoms with Gasteiger partial charge in [-0.2, -0.15) is 0 Å². The van der Waals surface area contributed by atoms with Crippen molar-refractivity contribution in [3.8, 4) is 0 Å². The molecule has 0 aliphatic heterocycles. The third-order valence-electron chi connectivity index (χ3n) is 4.83. The normalized spacial score (nSPS) is 13.0. The van der Waals surface area contributed by atoms with E-state index in [0.717, 1.165) is 5.56 Å². The summed E-state index contributed by atoms with van der Waals surface area (Å²) in [5.74, 6) is -0.211. The molecular formula is C23H21O4P. The van der Waals surface area contributed by atoms with E-state index in [9.17, 15) is 19.0 Å². The molecule has 0 saturated heterocycles. The molecule has 5 heteroatoms. The van der Waals surface area contributed by atoms with Crippen LogP contribution in [0.5, 0.6) is 0 Å². The SMILES string of the molecule is Cc1cc(C)c(C(=O)P(=O)(O)c2ccccc2)c(C)c1C(=O)c1ccccc1. The third kappa shape index (κ3) is 3.49. The van der Waals surface area contributed by atoms with Gasteiger partial charge in [0.25, 0.3) is 12.9 Å². The predicted molar refractivity (Wildman–Crippen MR) is 111 cm³/mol. The maximum absolute atomic E-state index is 13.1. The maximum atomic E-state index is 13.1. The Morgan fingerprint density at radius 1 is 0.786 bits per heavy atom. The number of hydrogen-bond acceptors (Lipinski definition) is 3. The van der Waals surface area contributed by atoms with Crippen molar-refractivity contribution in [1.82, 2.24) is 0 Å². The largest absolute Gasteiger partial charge is 0.336 e. The molecule has 0 aliphatic carbocycles. The van der Waals surface area contributed by atoms with Gasteiger partial charge in [0, 0.05) is 22.0 Å². The summed E-state index contributed by atoms with van der Waals surface area (Å²) in [5.41, 5.74) is 1.93. The molecule has 3 aromatic rings. The molecule has 0 amide bonds. The van der Waals surface area contributed by atoms with Crippen molar-refractivity contribution < 1.29 is 19.0 Å². The highest BCUT2D eigenvalue weighted by atomic mass is 31.2. The van der Waals surface area contributed by atoms with Crippen LogP contribution in [0, 0.1) is 20.8 Å². The molecule has 142 valence electrons. The molecule has 3 aromatic carbocycles. The lowest BCUT2D eigenvalue weighted by Crippen LogP contribution is -2.17. The Hall–Kier alpha value is -2.81. The number of hydrogen-bond donors (Lipinski definition) is 1. The second-order valence-corrected chi connectivity index (χ2v) is 8.87. The quantitative estimate of drug-likeness (QED) is 0.510. The van der Waals surface area contributed by atoms with E-state index in [1.165, 1.54) is 12.1 Å². The van der Waals surface area contributed by atoms with Crippen LogP contribution in [-0.4, -0.2) is 16.2 Å². The van der Waals surface area contributed by atoms with Crippen LogP contribution in [0.4, 0.5) is 0 Å². The minimum absolute atomic E-state index is 0.0790. The molecule has 3 rings (SSSR count). The van der Waals surface area contributed by atoms with Crippen molar-refractivity contribution >= 4 is 24.0 Å². The van der Waals surface area contributed by atoms with Crippen LogP contribution in [0.1, 0.15) is 43.0 Å². The molecular weight excluding hydrogens is 371 g/mol. The molecule has 0 radical (unpaired) electrons. The van der Waals surface area contributed by atoms with Crippen molar-refractivity contribution in [1.29, 1.82) is 0 Å². The number of aryl methyl sites for hydroxylation is 2. The fourth-order valence-corrected chi connectivity index (χ4v) is 4.95. The van der Waals surface area contributed by atoms with Crippen LogP contribution in [0.2, 0.25) is 0 Å².